The number of benzene rings is 2. The molecule has 3 amide bonds. The van der Waals surface area contributed by atoms with E-state index in [1.807, 2.05) is 30.3 Å². The van der Waals surface area contributed by atoms with Crippen LogP contribution in [0.5, 0.6) is 0 Å². The van der Waals surface area contributed by atoms with E-state index in [1.165, 1.54) is 4.90 Å². The molecule has 1 heterocycles. The van der Waals surface area contributed by atoms with E-state index in [0.29, 0.717) is 23.1 Å². The Labute approximate surface area is 209 Å². The van der Waals surface area contributed by atoms with E-state index in [0.717, 1.165) is 12.0 Å². The van der Waals surface area contributed by atoms with Crippen LogP contribution in [0, 0.1) is 35.5 Å². The number of carbonyl (C=O) groups is 4. The minimum Gasteiger partial charge on any atom is -0.462 e. The normalized spacial score (nSPS) is 30.0. The van der Waals surface area contributed by atoms with Crippen LogP contribution in [-0.2, 0) is 25.5 Å². The molecule has 0 radical (unpaired) electrons. The number of carbonyl (C=O) groups excluding carboxylic acids is 4. The minimum atomic E-state index is -0.960. The molecule has 1 saturated heterocycles. The average Bonchev–Trinajstić information content (AvgIpc) is 3.67. The van der Waals surface area contributed by atoms with Gasteiger partial charge in [-0.1, -0.05) is 42.5 Å². The molecule has 2 aromatic carbocycles. The number of imide groups is 1. The number of rotatable bonds is 7. The second-order valence-electron chi connectivity index (χ2n) is 10.2. The molecule has 0 aromatic heterocycles. The third-order valence-corrected chi connectivity index (χ3v) is 8.25. The number of nitrogens with one attached hydrogen (secondary N) is 1. The van der Waals surface area contributed by atoms with Gasteiger partial charge in [0.1, 0.15) is 6.04 Å². The van der Waals surface area contributed by atoms with Crippen molar-refractivity contribution in [2.75, 3.05) is 11.9 Å². The molecular formula is C29H28N2O5. The summed E-state index contributed by atoms with van der Waals surface area (Å²) in [4.78, 5) is 54.2. The summed E-state index contributed by atoms with van der Waals surface area (Å²) < 4.78 is 5.01. The third-order valence-electron chi connectivity index (χ3n) is 8.25. The molecule has 184 valence electrons. The van der Waals surface area contributed by atoms with Gasteiger partial charge >= 0.3 is 5.97 Å². The van der Waals surface area contributed by atoms with Gasteiger partial charge in [0.15, 0.2) is 0 Å². The van der Waals surface area contributed by atoms with Crippen LogP contribution >= 0.6 is 0 Å². The number of hydrogen-bond acceptors (Lipinski definition) is 5. The van der Waals surface area contributed by atoms with E-state index >= 15 is 0 Å². The van der Waals surface area contributed by atoms with E-state index in [-0.39, 0.29) is 48.5 Å². The fraction of sp³-hybridized carbons (Fsp3) is 0.379. The zero-order valence-electron chi connectivity index (χ0n) is 20.0. The number of likely N-dealkylation sites (tertiary alicyclic amines) is 1. The van der Waals surface area contributed by atoms with Crippen molar-refractivity contribution in [3.05, 3.63) is 77.9 Å². The van der Waals surface area contributed by atoms with Gasteiger partial charge in [-0.25, -0.2) is 4.79 Å². The maximum Gasteiger partial charge on any atom is 0.338 e. The summed E-state index contributed by atoms with van der Waals surface area (Å²) in [5, 5.41) is 2.86. The molecular weight excluding hydrogens is 456 g/mol. The first kappa shape index (κ1) is 22.7. The molecule has 0 spiro atoms. The lowest BCUT2D eigenvalue weighted by molar-refractivity contribution is -0.146. The first-order valence-electron chi connectivity index (χ1n) is 12.6. The zero-order chi connectivity index (χ0) is 25.0. The summed E-state index contributed by atoms with van der Waals surface area (Å²) in [5.41, 5.74) is 1.73. The third kappa shape index (κ3) is 3.65. The fourth-order valence-corrected chi connectivity index (χ4v) is 6.56. The summed E-state index contributed by atoms with van der Waals surface area (Å²) in [7, 11) is 0. The Balaban J connectivity index is 1.27. The van der Waals surface area contributed by atoms with Gasteiger partial charge in [0.05, 0.1) is 24.0 Å². The topological polar surface area (TPSA) is 92.8 Å². The van der Waals surface area contributed by atoms with Gasteiger partial charge in [-0.15, -0.1) is 0 Å². The van der Waals surface area contributed by atoms with E-state index in [2.05, 4.69) is 17.5 Å². The average molecular weight is 485 g/mol. The number of hydrogen-bond donors (Lipinski definition) is 1. The molecule has 2 saturated carbocycles. The molecule has 2 bridgehead atoms. The van der Waals surface area contributed by atoms with Crippen LogP contribution < -0.4 is 5.32 Å². The monoisotopic (exact) mass is 484 g/mol. The number of esters is 1. The van der Waals surface area contributed by atoms with E-state index in [4.69, 9.17) is 4.74 Å². The van der Waals surface area contributed by atoms with Crippen LogP contribution in [0.4, 0.5) is 5.69 Å². The van der Waals surface area contributed by atoms with Crippen molar-refractivity contribution < 1.29 is 23.9 Å². The summed E-state index contributed by atoms with van der Waals surface area (Å²) in [6, 6.07) is 14.9. The lowest BCUT2D eigenvalue weighted by atomic mass is 9.63. The Morgan fingerprint density at radius 1 is 0.944 bits per heavy atom. The van der Waals surface area contributed by atoms with Gasteiger partial charge in [-0.05, 0) is 66.8 Å². The maximum absolute atomic E-state index is 13.7. The number of ether oxygens (including phenoxy) is 1. The van der Waals surface area contributed by atoms with Crippen molar-refractivity contribution in [1.82, 2.24) is 4.90 Å². The molecule has 7 heteroatoms. The second-order valence-corrected chi connectivity index (χ2v) is 10.2. The Bertz CT molecular complexity index is 1220. The summed E-state index contributed by atoms with van der Waals surface area (Å²) in [6.07, 6.45) is 5.59. The minimum absolute atomic E-state index is 0.0994. The zero-order valence-corrected chi connectivity index (χ0v) is 20.0. The van der Waals surface area contributed by atoms with Crippen molar-refractivity contribution in [2.45, 2.75) is 25.8 Å². The van der Waals surface area contributed by atoms with E-state index < -0.39 is 17.9 Å². The van der Waals surface area contributed by atoms with Crippen molar-refractivity contribution >= 4 is 29.4 Å². The lowest BCUT2D eigenvalue weighted by Crippen LogP contribution is -2.49. The SMILES string of the molecule is CCOC(=O)c1ccc(NC(=O)[C@H](Cc2ccccc2)N2C(=O)[C@@H]3[C@H]4C=C[C@@H]([C@@H]5C[C@H]45)[C@@H]3C2=O)cc1. The highest BCUT2D eigenvalue weighted by molar-refractivity contribution is 6.10. The summed E-state index contributed by atoms with van der Waals surface area (Å²) in [6.45, 7) is 2.01. The van der Waals surface area contributed by atoms with Gasteiger partial charge in [-0.3, -0.25) is 19.3 Å². The first-order valence-corrected chi connectivity index (χ1v) is 12.6. The predicted molar refractivity (Wildman–Crippen MR) is 132 cm³/mol. The molecule has 7 rings (SSSR count). The van der Waals surface area contributed by atoms with Gasteiger partial charge in [0.2, 0.25) is 17.7 Å². The van der Waals surface area contributed by atoms with Gasteiger partial charge in [-0.2, -0.15) is 0 Å². The quantitative estimate of drug-likeness (QED) is 0.369. The summed E-state index contributed by atoms with van der Waals surface area (Å²) >= 11 is 0. The molecule has 7 atom stereocenters. The van der Waals surface area contributed by atoms with E-state index in [1.54, 1.807) is 31.2 Å². The Morgan fingerprint density at radius 2 is 1.56 bits per heavy atom. The van der Waals surface area contributed by atoms with Gasteiger partial charge in [0.25, 0.3) is 0 Å². The highest BCUT2D eigenvalue weighted by atomic mass is 16.5. The molecule has 1 aliphatic heterocycles. The molecule has 3 fully saturated rings. The van der Waals surface area contributed by atoms with Crippen molar-refractivity contribution in [1.29, 1.82) is 0 Å². The largest absolute Gasteiger partial charge is 0.462 e. The van der Waals surface area contributed by atoms with Crippen LogP contribution in [0.2, 0.25) is 0 Å². The van der Waals surface area contributed by atoms with Crippen molar-refractivity contribution in [3.63, 3.8) is 0 Å². The molecule has 36 heavy (non-hydrogen) atoms. The standard InChI is InChI=1S/C29H28N2O5/c1-2-36-29(35)17-8-10-18(11-9-17)30-26(32)23(14-16-6-4-3-5-7-16)31-27(33)24-19-12-13-20(22-15-21(19)22)25(24)28(31)34/h3-13,19-25H,2,14-15H2,1H3,(H,30,32)/t19-,20-,21-,22+,23-,24-,25+/m0/s1. The molecule has 1 N–H and O–H groups in total. The van der Waals surface area contributed by atoms with Gasteiger partial charge < -0.3 is 10.1 Å². The van der Waals surface area contributed by atoms with Crippen LogP contribution in [0.25, 0.3) is 0 Å². The molecule has 4 aliphatic carbocycles. The van der Waals surface area contributed by atoms with Crippen LogP contribution in [0.1, 0.15) is 29.3 Å². The van der Waals surface area contributed by atoms with E-state index in [9.17, 15) is 19.2 Å². The molecule has 5 aliphatic rings. The first-order chi connectivity index (χ1) is 17.5. The van der Waals surface area contributed by atoms with Crippen molar-refractivity contribution in [2.24, 2.45) is 35.5 Å². The number of amides is 3. The fourth-order valence-electron chi connectivity index (χ4n) is 6.56. The number of allylic oxidation sites excluding steroid dienone is 2. The predicted octanol–water partition coefficient (Wildman–Crippen LogP) is 3.47. The Morgan fingerprint density at radius 3 is 2.14 bits per heavy atom. The van der Waals surface area contributed by atoms with Gasteiger partial charge in [0, 0.05) is 12.1 Å². The Hall–Kier alpha value is -3.74. The summed E-state index contributed by atoms with van der Waals surface area (Å²) in [5.74, 6) is -0.813. The van der Waals surface area contributed by atoms with Crippen molar-refractivity contribution in [3.8, 4) is 0 Å². The number of anilines is 1. The molecule has 2 aromatic rings. The lowest BCUT2D eigenvalue weighted by Gasteiger charge is -2.37. The highest BCUT2D eigenvalue weighted by Gasteiger charge is 2.67. The van der Waals surface area contributed by atoms with Crippen LogP contribution in [-0.4, -0.2) is 41.2 Å². The second kappa shape index (κ2) is 8.73. The highest BCUT2D eigenvalue weighted by Crippen LogP contribution is 2.65. The molecule has 0 unspecified atom stereocenters. The molecule has 7 nitrogen and oxygen atoms in total. The van der Waals surface area contributed by atoms with Crippen LogP contribution in [0.3, 0.4) is 0 Å². The smallest absolute Gasteiger partial charge is 0.338 e. The maximum atomic E-state index is 13.7. The van der Waals surface area contributed by atoms with Crippen LogP contribution in [0.15, 0.2) is 66.7 Å². The Kier molecular flexibility index (Phi) is 5.51. The number of nitrogens with zero attached hydrogens (tertiary/aromatic N) is 1.